The van der Waals surface area contributed by atoms with E-state index in [9.17, 15) is 14.8 Å². The number of oxime groups is 1. The number of carbonyl (C=O) groups excluding carboxylic acids is 2. The number of nitrogens with zero attached hydrogens (tertiary/aromatic N) is 3. The third kappa shape index (κ3) is 2.61. The van der Waals surface area contributed by atoms with Crippen LogP contribution in [-0.4, -0.2) is 22.6 Å². The predicted octanol–water partition coefficient (Wildman–Crippen LogP) is 5.27. The molecule has 2 fully saturated rings. The molecule has 154 valence electrons. The van der Waals surface area contributed by atoms with Crippen molar-refractivity contribution in [1.82, 2.24) is 0 Å². The summed E-state index contributed by atoms with van der Waals surface area (Å²) >= 11 is 0. The van der Waals surface area contributed by atoms with Gasteiger partial charge in [0.1, 0.15) is 11.1 Å². The maximum absolute atomic E-state index is 13.3. The van der Waals surface area contributed by atoms with Crippen LogP contribution in [0.3, 0.4) is 0 Å². The van der Waals surface area contributed by atoms with E-state index in [0.717, 1.165) is 5.69 Å². The average Bonchev–Trinajstić information content (AvgIpc) is 3.02. The first-order valence-electron chi connectivity index (χ1n) is 9.92. The lowest BCUT2D eigenvalue weighted by Gasteiger charge is -2.37. The Morgan fingerprint density at radius 1 is 0.933 bits per heavy atom. The maximum atomic E-state index is 13.3. The number of nitrogens with one attached hydrogen (secondary N) is 1. The molecule has 2 atom stereocenters. The van der Waals surface area contributed by atoms with Crippen molar-refractivity contribution < 1.29 is 14.8 Å². The van der Waals surface area contributed by atoms with Crippen molar-refractivity contribution in [2.45, 2.75) is 33.6 Å². The van der Waals surface area contributed by atoms with E-state index in [1.165, 1.54) is 0 Å². The number of ketones is 1. The molecule has 2 bridgehead atoms. The number of rotatable bonds is 4. The van der Waals surface area contributed by atoms with Crippen molar-refractivity contribution in [2.24, 2.45) is 31.6 Å². The Morgan fingerprint density at radius 3 is 2.10 bits per heavy atom. The topological polar surface area (TPSA) is 103 Å². The van der Waals surface area contributed by atoms with Crippen molar-refractivity contribution in [3.8, 4) is 0 Å². The molecule has 2 aromatic rings. The summed E-state index contributed by atoms with van der Waals surface area (Å²) in [5.41, 5.74) is -0.457. The van der Waals surface area contributed by atoms with E-state index in [4.69, 9.17) is 0 Å². The van der Waals surface area contributed by atoms with Gasteiger partial charge in [-0.3, -0.25) is 9.59 Å². The Labute approximate surface area is 174 Å². The normalized spacial score (nSPS) is 28.4. The van der Waals surface area contributed by atoms with Crippen LogP contribution in [0.5, 0.6) is 0 Å². The summed E-state index contributed by atoms with van der Waals surface area (Å²) in [6, 6.07) is 16.4. The molecule has 1 amide bonds. The molecule has 2 aliphatic rings. The number of fused-ring (bicyclic) bond motifs is 2. The van der Waals surface area contributed by atoms with Gasteiger partial charge in [0.25, 0.3) is 0 Å². The number of benzene rings is 2. The van der Waals surface area contributed by atoms with E-state index >= 15 is 0 Å². The number of hydrogen-bond acceptors (Lipinski definition) is 6. The molecule has 2 aliphatic carbocycles. The number of hydrogen-bond donors (Lipinski definition) is 2. The molecule has 2 saturated carbocycles. The first-order chi connectivity index (χ1) is 14.3. The lowest BCUT2D eigenvalue weighted by molar-refractivity contribution is -0.140. The summed E-state index contributed by atoms with van der Waals surface area (Å²) in [5.74, 6) is -0.743. The van der Waals surface area contributed by atoms with Crippen LogP contribution in [0.4, 0.5) is 17.1 Å². The highest BCUT2D eigenvalue weighted by Gasteiger charge is 2.76. The Kier molecular flexibility index (Phi) is 4.56. The zero-order valence-corrected chi connectivity index (χ0v) is 17.2. The van der Waals surface area contributed by atoms with E-state index in [0.29, 0.717) is 24.2 Å². The van der Waals surface area contributed by atoms with Crippen LogP contribution in [-0.2, 0) is 9.59 Å². The Bertz CT molecular complexity index is 1060. The van der Waals surface area contributed by atoms with Gasteiger partial charge in [0.15, 0.2) is 5.78 Å². The molecule has 0 aliphatic heterocycles. The molecule has 4 rings (SSSR count). The summed E-state index contributed by atoms with van der Waals surface area (Å²) < 4.78 is 0. The van der Waals surface area contributed by atoms with Crippen molar-refractivity contribution >= 4 is 34.5 Å². The molecule has 2 aromatic carbocycles. The minimum Gasteiger partial charge on any atom is -0.411 e. The molecule has 30 heavy (non-hydrogen) atoms. The molecule has 2 unspecified atom stereocenters. The zero-order chi connectivity index (χ0) is 21.6. The molecule has 0 heterocycles. The van der Waals surface area contributed by atoms with Gasteiger partial charge in [-0.1, -0.05) is 44.1 Å². The molecular weight excluding hydrogens is 380 g/mol. The van der Waals surface area contributed by atoms with Crippen LogP contribution in [0, 0.1) is 16.2 Å². The average molecular weight is 404 g/mol. The number of azo groups is 1. The second kappa shape index (κ2) is 6.86. The van der Waals surface area contributed by atoms with E-state index in [1.807, 2.05) is 51.1 Å². The second-order valence-electron chi connectivity index (χ2n) is 8.68. The molecular formula is C23H24N4O3. The van der Waals surface area contributed by atoms with Gasteiger partial charge in [0.2, 0.25) is 5.91 Å². The second-order valence-corrected chi connectivity index (χ2v) is 8.68. The predicted molar refractivity (Wildman–Crippen MR) is 113 cm³/mol. The maximum Gasteiger partial charge on any atom is 0.239 e. The molecule has 0 radical (unpaired) electrons. The van der Waals surface area contributed by atoms with Gasteiger partial charge in [0, 0.05) is 11.1 Å². The first-order valence-corrected chi connectivity index (χ1v) is 9.92. The molecule has 2 N–H and O–H groups in total. The summed E-state index contributed by atoms with van der Waals surface area (Å²) in [4.78, 5) is 26.4. The number of amides is 1. The lowest BCUT2D eigenvalue weighted by Crippen LogP contribution is -2.47. The van der Waals surface area contributed by atoms with Crippen molar-refractivity contribution in [3.05, 3.63) is 54.6 Å². The number of Topliss-reactive ketones (excluding diaryl/α,β-unsaturated/α-hetero) is 1. The van der Waals surface area contributed by atoms with Gasteiger partial charge < -0.3 is 10.5 Å². The highest BCUT2D eigenvalue weighted by molar-refractivity contribution is 6.51. The van der Waals surface area contributed by atoms with Crippen molar-refractivity contribution in [3.63, 3.8) is 0 Å². The third-order valence-corrected chi connectivity index (χ3v) is 7.22. The molecule has 7 heteroatoms. The van der Waals surface area contributed by atoms with Gasteiger partial charge in [0.05, 0.1) is 11.4 Å². The van der Waals surface area contributed by atoms with Gasteiger partial charge in [-0.15, -0.1) is 0 Å². The Hall–Kier alpha value is -3.35. The lowest BCUT2D eigenvalue weighted by atomic mass is 9.64. The zero-order valence-electron chi connectivity index (χ0n) is 17.2. The fraction of sp³-hybridized carbons (Fsp3) is 0.348. The molecule has 0 spiro atoms. The SMILES string of the molecule is CC12CCC(C(=O)Nc3ccc(N=Nc4ccccc4)cc3)(C(=O)C1=NO)C2(C)C. The molecule has 0 aromatic heterocycles. The van der Waals surface area contributed by atoms with E-state index in [-0.39, 0.29) is 17.4 Å². The Morgan fingerprint density at radius 2 is 1.53 bits per heavy atom. The van der Waals surface area contributed by atoms with Gasteiger partial charge in [-0.25, -0.2) is 0 Å². The van der Waals surface area contributed by atoms with Crippen LogP contribution >= 0.6 is 0 Å². The van der Waals surface area contributed by atoms with Crippen LogP contribution in [0.15, 0.2) is 70.0 Å². The van der Waals surface area contributed by atoms with E-state index in [1.54, 1.807) is 24.3 Å². The minimum atomic E-state index is -1.24. The third-order valence-electron chi connectivity index (χ3n) is 7.22. The highest BCUT2D eigenvalue weighted by Crippen LogP contribution is 2.69. The van der Waals surface area contributed by atoms with Crippen LogP contribution in [0.2, 0.25) is 0 Å². The fourth-order valence-corrected chi connectivity index (χ4v) is 4.91. The molecule has 7 nitrogen and oxygen atoms in total. The van der Waals surface area contributed by atoms with Crippen LogP contribution < -0.4 is 5.32 Å². The van der Waals surface area contributed by atoms with Gasteiger partial charge in [-0.2, -0.15) is 10.2 Å². The fourth-order valence-electron chi connectivity index (χ4n) is 4.91. The number of anilines is 1. The van der Waals surface area contributed by atoms with Crippen LogP contribution in [0.1, 0.15) is 33.6 Å². The van der Waals surface area contributed by atoms with Crippen LogP contribution in [0.25, 0.3) is 0 Å². The minimum absolute atomic E-state index is 0.102. The monoisotopic (exact) mass is 404 g/mol. The van der Waals surface area contributed by atoms with Crippen molar-refractivity contribution in [2.75, 3.05) is 5.32 Å². The van der Waals surface area contributed by atoms with Gasteiger partial charge >= 0.3 is 0 Å². The standard InChI is InChI=1S/C23H24N4O3/c1-21(2)22(3)13-14-23(21,19(28)18(22)27-30)20(29)24-15-9-11-17(12-10-15)26-25-16-7-5-4-6-8-16/h4-12,30H,13-14H2,1-3H3,(H,24,29). The van der Waals surface area contributed by atoms with Crippen molar-refractivity contribution in [1.29, 1.82) is 0 Å². The molecule has 0 saturated heterocycles. The Balaban J connectivity index is 1.54. The summed E-state index contributed by atoms with van der Waals surface area (Å²) in [6.07, 6.45) is 1.06. The highest BCUT2D eigenvalue weighted by atomic mass is 16.4. The smallest absolute Gasteiger partial charge is 0.239 e. The summed E-state index contributed by atoms with van der Waals surface area (Å²) in [6.45, 7) is 5.71. The largest absolute Gasteiger partial charge is 0.411 e. The summed E-state index contributed by atoms with van der Waals surface area (Å²) in [7, 11) is 0. The number of carbonyl (C=O) groups is 2. The van der Waals surface area contributed by atoms with Gasteiger partial charge in [-0.05, 0) is 54.7 Å². The first kappa shape index (κ1) is 19.9. The summed E-state index contributed by atoms with van der Waals surface area (Å²) in [5, 5.41) is 23.9. The van der Waals surface area contributed by atoms with E-state index < -0.39 is 16.2 Å². The quantitative estimate of drug-likeness (QED) is 0.314. The van der Waals surface area contributed by atoms with E-state index in [2.05, 4.69) is 20.7 Å².